The van der Waals surface area contributed by atoms with Crippen LogP contribution in [0.25, 0.3) is 0 Å². The van der Waals surface area contributed by atoms with Crippen molar-refractivity contribution >= 4 is 21.7 Å². The fourth-order valence-corrected chi connectivity index (χ4v) is 5.38. The van der Waals surface area contributed by atoms with Crippen LogP contribution in [0.4, 0.5) is 19.1 Å². The lowest BCUT2D eigenvalue weighted by Gasteiger charge is -2.37. The highest BCUT2D eigenvalue weighted by Gasteiger charge is 2.35. The summed E-state index contributed by atoms with van der Waals surface area (Å²) in [5.41, 5.74) is 2.05. The maximum atomic E-state index is 13.2. The molecule has 0 aliphatic carbocycles. The summed E-state index contributed by atoms with van der Waals surface area (Å²) in [6, 6.07) is 12.6. The SMILES string of the molecule is CCS(=O)(=O)c1ccc(CNC(=O)c2ccc3c(c2)CN(c2nccc(C(F)(F)F)n2)C[C@@H]3C(C)C)cc1. The summed E-state index contributed by atoms with van der Waals surface area (Å²) in [7, 11) is -3.30. The van der Waals surface area contributed by atoms with E-state index in [9.17, 15) is 26.4 Å². The van der Waals surface area contributed by atoms with Crippen molar-refractivity contribution in [2.75, 3.05) is 17.2 Å². The molecule has 38 heavy (non-hydrogen) atoms. The van der Waals surface area contributed by atoms with Gasteiger partial charge < -0.3 is 10.2 Å². The van der Waals surface area contributed by atoms with E-state index in [0.29, 0.717) is 12.1 Å². The molecule has 0 bridgehead atoms. The minimum atomic E-state index is -4.57. The zero-order valence-electron chi connectivity index (χ0n) is 21.3. The number of rotatable bonds is 7. The second kappa shape index (κ2) is 10.7. The molecule has 0 saturated carbocycles. The second-order valence-electron chi connectivity index (χ2n) is 9.61. The number of nitrogens with zero attached hydrogens (tertiary/aromatic N) is 3. The van der Waals surface area contributed by atoms with Gasteiger partial charge in [-0.25, -0.2) is 18.4 Å². The molecule has 1 N–H and O–H groups in total. The zero-order chi connectivity index (χ0) is 27.7. The molecule has 0 radical (unpaired) electrons. The number of carbonyl (C=O) groups is 1. The zero-order valence-corrected chi connectivity index (χ0v) is 22.1. The van der Waals surface area contributed by atoms with E-state index in [4.69, 9.17) is 0 Å². The van der Waals surface area contributed by atoms with Crippen LogP contribution in [0.2, 0.25) is 0 Å². The van der Waals surface area contributed by atoms with Crippen LogP contribution in [0.1, 0.15) is 59.4 Å². The second-order valence-corrected chi connectivity index (χ2v) is 11.9. The minimum absolute atomic E-state index is 0.000450. The van der Waals surface area contributed by atoms with Crippen LogP contribution in [0, 0.1) is 5.92 Å². The average molecular weight is 547 g/mol. The Hall–Kier alpha value is -3.47. The lowest BCUT2D eigenvalue weighted by atomic mass is 9.82. The Morgan fingerprint density at radius 2 is 1.84 bits per heavy atom. The molecule has 11 heteroatoms. The van der Waals surface area contributed by atoms with E-state index in [1.807, 2.05) is 19.9 Å². The molecule has 7 nitrogen and oxygen atoms in total. The van der Waals surface area contributed by atoms with Crippen LogP contribution < -0.4 is 10.2 Å². The van der Waals surface area contributed by atoms with Crippen molar-refractivity contribution < 1.29 is 26.4 Å². The van der Waals surface area contributed by atoms with Crippen LogP contribution in [-0.4, -0.2) is 36.6 Å². The predicted molar refractivity (Wildman–Crippen MR) is 137 cm³/mol. The molecule has 2 aromatic carbocycles. The summed E-state index contributed by atoms with van der Waals surface area (Å²) in [6.07, 6.45) is -3.46. The Morgan fingerprint density at radius 3 is 2.47 bits per heavy atom. The van der Waals surface area contributed by atoms with E-state index in [0.717, 1.165) is 29.0 Å². The quantitative estimate of drug-likeness (QED) is 0.450. The molecular formula is C27H29F3N4O3S. The third-order valence-corrected chi connectivity index (χ3v) is 8.47. The van der Waals surface area contributed by atoms with Gasteiger partial charge in [0.1, 0.15) is 5.69 Å². The molecular weight excluding hydrogens is 517 g/mol. The summed E-state index contributed by atoms with van der Waals surface area (Å²) in [4.78, 5) is 22.7. The van der Waals surface area contributed by atoms with Gasteiger partial charge in [-0.2, -0.15) is 13.2 Å². The molecule has 1 amide bonds. The number of benzene rings is 2. The number of alkyl halides is 3. The maximum Gasteiger partial charge on any atom is 0.433 e. The lowest BCUT2D eigenvalue weighted by molar-refractivity contribution is -0.141. The van der Waals surface area contributed by atoms with Crippen molar-refractivity contribution in [3.63, 3.8) is 0 Å². The van der Waals surface area contributed by atoms with Crippen molar-refractivity contribution in [1.82, 2.24) is 15.3 Å². The number of anilines is 1. The topological polar surface area (TPSA) is 92.3 Å². The molecule has 0 saturated heterocycles. The standard InChI is InChI=1S/C27H29F3N4O3S/c1-4-38(36,37)21-8-5-18(6-9-21)14-32-25(35)19-7-10-22-20(13-19)15-34(16-23(22)17(2)3)26-31-12-11-24(33-26)27(28,29)30/h5-13,17,23H,4,14-16H2,1-3H3,(H,32,35)/t23-/m1/s1. The highest BCUT2D eigenvalue weighted by molar-refractivity contribution is 7.91. The van der Waals surface area contributed by atoms with E-state index >= 15 is 0 Å². The number of hydrogen-bond acceptors (Lipinski definition) is 6. The van der Waals surface area contributed by atoms with E-state index < -0.39 is 21.7 Å². The van der Waals surface area contributed by atoms with E-state index in [1.165, 1.54) is 12.1 Å². The Labute approximate surface area is 220 Å². The number of sulfone groups is 1. The smallest absolute Gasteiger partial charge is 0.348 e. The van der Waals surface area contributed by atoms with Crippen LogP contribution in [-0.2, 0) is 29.1 Å². The van der Waals surface area contributed by atoms with Gasteiger partial charge in [0.2, 0.25) is 5.95 Å². The third kappa shape index (κ3) is 5.98. The van der Waals surface area contributed by atoms with Crippen molar-refractivity contribution in [3.8, 4) is 0 Å². The first-order chi connectivity index (χ1) is 17.9. The Balaban J connectivity index is 1.53. The Morgan fingerprint density at radius 1 is 1.13 bits per heavy atom. The predicted octanol–water partition coefficient (Wildman–Crippen LogP) is 4.98. The van der Waals surface area contributed by atoms with Crippen molar-refractivity contribution in [1.29, 1.82) is 0 Å². The van der Waals surface area contributed by atoms with Gasteiger partial charge in [0.25, 0.3) is 5.91 Å². The fraction of sp³-hybridized carbons (Fsp3) is 0.370. The van der Waals surface area contributed by atoms with Gasteiger partial charge in [-0.1, -0.05) is 39.0 Å². The van der Waals surface area contributed by atoms with Gasteiger partial charge >= 0.3 is 6.18 Å². The third-order valence-electron chi connectivity index (χ3n) is 6.72. The van der Waals surface area contributed by atoms with E-state index in [-0.39, 0.29) is 47.4 Å². The first kappa shape index (κ1) is 27.6. The molecule has 3 aromatic rings. The number of fused-ring (bicyclic) bond motifs is 1. The van der Waals surface area contributed by atoms with Gasteiger partial charge in [0.15, 0.2) is 9.84 Å². The summed E-state index contributed by atoms with van der Waals surface area (Å²) >= 11 is 0. The molecule has 1 atom stereocenters. The molecule has 202 valence electrons. The highest BCUT2D eigenvalue weighted by Crippen LogP contribution is 2.36. The molecule has 4 rings (SSSR count). The first-order valence-electron chi connectivity index (χ1n) is 12.3. The molecule has 1 aliphatic rings. The Kier molecular flexibility index (Phi) is 7.78. The number of amides is 1. The van der Waals surface area contributed by atoms with E-state index in [1.54, 1.807) is 36.1 Å². The molecule has 0 spiro atoms. The Bertz CT molecular complexity index is 1420. The van der Waals surface area contributed by atoms with Crippen molar-refractivity contribution in [2.45, 2.75) is 50.9 Å². The van der Waals surface area contributed by atoms with Gasteiger partial charge in [-0.05, 0) is 52.9 Å². The van der Waals surface area contributed by atoms with Gasteiger partial charge in [0.05, 0.1) is 10.6 Å². The summed E-state index contributed by atoms with van der Waals surface area (Å²) in [5, 5.41) is 2.84. The summed E-state index contributed by atoms with van der Waals surface area (Å²) in [6.45, 7) is 6.61. The monoisotopic (exact) mass is 546 g/mol. The van der Waals surface area contributed by atoms with Crippen molar-refractivity contribution in [2.24, 2.45) is 5.92 Å². The summed E-state index contributed by atoms with van der Waals surface area (Å²) < 4.78 is 63.7. The largest absolute Gasteiger partial charge is 0.433 e. The molecule has 1 aliphatic heterocycles. The number of aromatic nitrogens is 2. The van der Waals surface area contributed by atoms with Gasteiger partial charge in [0, 0.05) is 37.3 Å². The van der Waals surface area contributed by atoms with E-state index in [2.05, 4.69) is 15.3 Å². The molecule has 2 heterocycles. The normalized spacial score (nSPS) is 15.9. The van der Waals surface area contributed by atoms with Gasteiger partial charge in [-0.3, -0.25) is 4.79 Å². The van der Waals surface area contributed by atoms with Crippen LogP contribution >= 0.6 is 0 Å². The van der Waals surface area contributed by atoms with Gasteiger partial charge in [-0.15, -0.1) is 0 Å². The van der Waals surface area contributed by atoms with Crippen LogP contribution in [0.5, 0.6) is 0 Å². The van der Waals surface area contributed by atoms with Crippen molar-refractivity contribution in [3.05, 3.63) is 82.7 Å². The minimum Gasteiger partial charge on any atom is -0.348 e. The fourth-order valence-electron chi connectivity index (χ4n) is 4.50. The van der Waals surface area contributed by atoms with Crippen LogP contribution in [0.3, 0.4) is 0 Å². The number of carbonyl (C=O) groups excluding carboxylic acids is 1. The van der Waals surface area contributed by atoms with Crippen LogP contribution in [0.15, 0.2) is 59.6 Å². The highest BCUT2D eigenvalue weighted by atomic mass is 32.2. The summed E-state index contributed by atoms with van der Waals surface area (Å²) in [5.74, 6) is -0.0873. The number of hydrogen-bond donors (Lipinski definition) is 1. The lowest BCUT2D eigenvalue weighted by Crippen LogP contribution is -2.37. The number of halogens is 3. The maximum absolute atomic E-state index is 13.2. The number of nitrogens with one attached hydrogen (secondary N) is 1. The molecule has 0 fully saturated rings. The first-order valence-corrected chi connectivity index (χ1v) is 13.9. The molecule has 1 aromatic heterocycles. The average Bonchev–Trinajstić information content (AvgIpc) is 2.90. The molecule has 0 unspecified atom stereocenters.